The van der Waals surface area contributed by atoms with Crippen LogP contribution in [0.3, 0.4) is 0 Å². The van der Waals surface area contributed by atoms with Gasteiger partial charge in [-0.2, -0.15) is 0 Å². The Kier molecular flexibility index (Phi) is 7.60. The normalized spacial score (nSPS) is 16.4. The van der Waals surface area contributed by atoms with Crippen molar-refractivity contribution >= 4 is 22.6 Å². The number of ether oxygens (including phenoxy) is 3. The fraction of sp³-hybridized carbons (Fsp3) is 0.500. The molecule has 5 rings (SSSR count). The fourth-order valence-electron chi connectivity index (χ4n) is 5.37. The van der Waals surface area contributed by atoms with Crippen LogP contribution < -0.4 is 14.4 Å². The summed E-state index contributed by atoms with van der Waals surface area (Å²) in [6, 6.07) is 9.67. The zero-order valence-electron chi connectivity index (χ0n) is 21.2. The van der Waals surface area contributed by atoms with E-state index < -0.39 is 0 Å². The highest BCUT2D eigenvalue weighted by atomic mass is 16.5. The molecular weight excluding hydrogens is 458 g/mol. The predicted octanol–water partition coefficient (Wildman–Crippen LogP) is 4.79. The van der Waals surface area contributed by atoms with Crippen molar-refractivity contribution in [3.63, 3.8) is 0 Å². The van der Waals surface area contributed by atoms with Crippen molar-refractivity contribution in [1.29, 1.82) is 0 Å². The first-order chi connectivity index (χ1) is 17.7. The van der Waals surface area contributed by atoms with E-state index >= 15 is 0 Å². The van der Waals surface area contributed by atoms with Gasteiger partial charge in [-0.1, -0.05) is 12.8 Å². The van der Waals surface area contributed by atoms with Gasteiger partial charge in [-0.05, 0) is 49.1 Å². The van der Waals surface area contributed by atoms with Gasteiger partial charge in [0.1, 0.15) is 28.6 Å². The minimum atomic E-state index is 0.156. The lowest BCUT2D eigenvalue weighted by molar-refractivity contribution is -0.133. The maximum atomic E-state index is 13.6. The molecule has 0 radical (unpaired) electrons. The number of morpholine rings is 1. The maximum absolute atomic E-state index is 13.6. The van der Waals surface area contributed by atoms with Crippen molar-refractivity contribution in [2.75, 3.05) is 45.4 Å². The van der Waals surface area contributed by atoms with Gasteiger partial charge in [0, 0.05) is 37.0 Å². The Morgan fingerprint density at radius 1 is 1.08 bits per heavy atom. The van der Waals surface area contributed by atoms with Crippen molar-refractivity contribution in [2.24, 2.45) is 5.92 Å². The van der Waals surface area contributed by atoms with Gasteiger partial charge in [0.05, 0.1) is 40.2 Å². The van der Waals surface area contributed by atoms with Crippen LogP contribution in [0.25, 0.3) is 10.9 Å². The number of carbonyl (C=O) groups excluding carboxylic acids is 1. The van der Waals surface area contributed by atoms with Crippen LogP contribution in [0.15, 0.2) is 41.0 Å². The predicted molar refractivity (Wildman–Crippen MR) is 137 cm³/mol. The first-order valence-corrected chi connectivity index (χ1v) is 12.8. The van der Waals surface area contributed by atoms with Gasteiger partial charge in [-0.3, -0.25) is 4.79 Å². The monoisotopic (exact) mass is 493 g/mol. The molecule has 0 spiro atoms. The standard InChI is InChI=1S/C28H35N3O5/c1-33-24-9-10-25(34-2)27-23(24)17-21(28(29-27)30-11-14-35-15-12-30)18-31(19-22-8-5-13-36-22)26(32)16-20-6-3-4-7-20/h5,8-10,13,17,20H,3-4,6-7,11-12,14-16,18-19H2,1-2H3. The molecule has 2 fully saturated rings. The molecule has 0 bridgehead atoms. The molecule has 0 unspecified atom stereocenters. The zero-order chi connectivity index (χ0) is 24.9. The Morgan fingerprint density at radius 3 is 2.53 bits per heavy atom. The van der Waals surface area contributed by atoms with Crippen LogP contribution in [0.2, 0.25) is 0 Å². The minimum Gasteiger partial charge on any atom is -0.496 e. The van der Waals surface area contributed by atoms with Crippen molar-refractivity contribution < 1.29 is 23.4 Å². The summed E-state index contributed by atoms with van der Waals surface area (Å²) >= 11 is 0. The Labute approximate surface area is 212 Å². The Balaban J connectivity index is 1.55. The smallest absolute Gasteiger partial charge is 0.223 e. The molecule has 36 heavy (non-hydrogen) atoms. The lowest BCUT2D eigenvalue weighted by Gasteiger charge is -2.31. The van der Waals surface area contributed by atoms with Gasteiger partial charge >= 0.3 is 0 Å². The molecule has 3 aromatic rings. The Hall–Kier alpha value is -3.26. The molecule has 1 aliphatic heterocycles. The van der Waals surface area contributed by atoms with E-state index in [4.69, 9.17) is 23.6 Å². The molecule has 1 aliphatic carbocycles. The van der Waals surface area contributed by atoms with Crippen molar-refractivity contribution in [1.82, 2.24) is 9.88 Å². The van der Waals surface area contributed by atoms with Crippen LogP contribution in [0, 0.1) is 5.92 Å². The molecule has 1 saturated heterocycles. The number of carbonyl (C=O) groups is 1. The van der Waals surface area contributed by atoms with Crippen molar-refractivity contribution in [3.05, 3.63) is 47.9 Å². The number of hydrogen-bond acceptors (Lipinski definition) is 7. The lowest BCUT2D eigenvalue weighted by Crippen LogP contribution is -2.38. The number of anilines is 1. The third-order valence-electron chi connectivity index (χ3n) is 7.29. The van der Waals surface area contributed by atoms with Crippen LogP contribution in [0.5, 0.6) is 11.5 Å². The van der Waals surface area contributed by atoms with Crippen LogP contribution in [-0.4, -0.2) is 56.3 Å². The highest BCUT2D eigenvalue weighted by Gasteiger charge is 2.26. The third-order valence-corrected chi connectivity index (χ3v) is 7.29. The average molecular weight is 494 g/mol. The third kappa shape index (κ3) is 5.28. The van der Waals surface area contributed by atoms with Crippen LogP contribution >= 0.6 is 0 Å². The SMILES string of the molecule is COc1ccc(OC)c2nc(N3CCOCC3)c(CN(Cc3ccco3)C(=O)CC3CCCC3)cc12. The molecule has 1 aromatic carbocycles. The number of rotatable bonds is 9. The van der Waals surface area contributed by atoms with Gasteiger partial charge in [-0.25, -0.2) is 4.98 Å². The van der Waals surface area contributed by atoms with Gasteiger partial charge in [0.15, 0.2) is 0 Å². The number of amides is 1. The quantitative estimate of drug-likeness (QED) is 0.424. The molecule has 3 heterocycles. The molecule has 0 N–H and O–H groups in total. The number of methoxy groups -OCH3 is 2. The maximum Gasteiger partial charge on any atom is 0.223 e. The molecule has 8 heteroatoms. The summed E-state index contributed by atoms with van der Waals surface area (Å²) in [4.78, 5) is 22.8. The van der Waals surface area contributed by atoms with Crippen LogP contribution in [0.1, 0.15) is 43.4 Å². The average Bonchev–Trinajstić information content (AvgIpc) is 3.62. The number of nitrogens with zero attached hydrogens (tertiary/aromatic N) is 3. The van der Waals surface area contributed by atoms with E-state index in [0.717, 1.165) is 59.7 Å². The molecule has 2 aliphatic rings. The van der Waals surface area contributed by atoms with E-state index in [0.29, 0.717) is 44.4 Å². The fourth-order valence-corrected chi connectivity index (χ4v) is 5.37. The summed E-state index contributed by atoms with van der Waals surface area (Å²) in [5.41, 5.74) is 1.72. The zero-order valence-corrected chi connectivity index (χ0v) is 21.2. The van der Waals surface area contributed by atoms with E-state index in [1.165, 1.54) is 12.8 Å². The van der Waals surface area contributed by atoms with Gasteiger partial charge in [0.2, 0.25) is 5.91 Å². The summed E-state index contributed by atoms with van der Waals surface area (Å²) in [7, 11) is 3.31. The van der Waals surface area contributed by atoms with Gasteiger partial charge in [-0.15, -0.1) is 0 Å². The highest BCUT2D eigenvalue weighted by Crippen LogP contribution is 2.36. The van der Waals surface area contributed by atoms with Gasteiger partial charge in [0.25, 0.3) is 0 Å². The summed E-state index contributed by atoms with van der Waals surface area (Å²) < 4.78 is 22.5. The summed E-state index contributed by atoms with van der Waals surface area (Å²) in [6.07, 6.45) is 6.93. The minimum absolute atomic E-state index is 0.156. The second kappa shape index (κ2) is 11.2. The van der Waals surface area contributed by atoms with Crippen LogP contribution in [-0.2, 0) is 22.6 Å². The first kappa shape index (κ1) is 24.4. The molecule has 1 amide bonds. The molecule has 8 nitrogen and oxygen atoms in total. The first-order valence-electron chi connectivity index (χ1n) is 12.8. The second-order valence-corrected chi connectivity index (χ2v) is 9.62. The number of hydrogen-bond donors (Lipinski definition) is 0. The molecule has 0 atom stereocenters. The molecular formula is C28H35N3O5. The highest BCUT2D eigenvalue weighted by molar-refractivity contribution is 5.92. The molecule has 192 valence electrons. The topological polar surface area (TPSA) is 77.3 Å². The number of aromatic nitrogens is 1. The summed E-state index contributed by atoms with van der Waals surface area (Å²) in [5.74, 6) is 3.67. The number of fused-ring (bicyclic) bond motifs is 1. The van der Waals surface area contributed by atoms with Crippen molar-refractivity contribution in [3.8, 4) is 11.5 Å². The Morgan fingerprint density at radius 2 is 1.83 bits per heavy atom. The number of furan rings is 1. The number of benzene rings is 1. The summed E-state index contributed by atoms with van der Waals surface area (Å²) in [5, 5.41) is 0.866. The molecule has 1 saturated carbocycles. The molecule has 2 aromatic heterocycles. The van der Waals surface area contributed by atoms with Gasteiger partial charge < -0.3 is 28.4 Å². The van der Waals surface area contributed by atoms with Crippen LogP contribution in [0.4, 0.5) is 5.82 Å². The van der Waals surface area contributed by atoms with Crippen molar-refractivity contribution in [2.45, 2.75) is 45.2 Å². The largest absolute Gasteiger partial charge is 0.496 e. The lowest BCUT2D eigenvalue weighted by atomic mass is 10.0. The van der Waals surface area contributed by atoms with E-state index in [1.807, 2.05) is 29.2 Å². The second-order valence-electron chi connectivity index (χ2n) is 9.62. The van der Waals surface area contributed by atoms with E-state index in [1.54, 1.807) is 20.5 Å². The van der Waals surface area contributed by atoms with E-state index in [2.05, 4.69) is 11.0 Å². The Bertz CT molecular complexity index is 1170. The summed E-state index contributed by atoms with van der Waals surface area (Å²) in [6.45, 7) is 3.63. The van der Waals surface area contributed by atoms with E-state index in [9.17, 15) is 4.79 Å². The van der Waals surface area contributed by atoms with E-state index in [-0.39, 0.29) is 5.91 Å². The number of pyridine rings is 1.